The summed E-state index contributed by atoms with van der Waals surface area (Å²) in [7, 11) is 0. The summed E-state index contributed by atoms with van der Waals surface area (Å²) in [6, 6.07) is 5.61. The maximum absolute atomic E-state index is 9.02. The van der Waals surface area contributed by atoms with E-state index in [0.29, 0.717) is 0 Å². The number of nitriles is 1. The van der Waals surface area contributed by atoms with Crippen LogP contribution in [-0.2, 0) is 12.8 Å². The van der Waals surface area contributed by atoms with Crippen molar-refractivity contribution in [3.63, 3.8) is 0 Å². The predicted molar refractivity (Wildman–Crippen MR) is 64.9 cm³/mol. The number of benzene rings is 1. The van der Waals surface area contributed by atoms with Crippen LogP contribution in [0.15, 0.2) is 12.1 Å². The fraction of sp³-hybridized carbons (Fsp3) is 0.429. The fourth-order valence-electron chi connectivity index (χ4n) is 2.05. The molecule has 1 atom stereocenters. The normalized spacial score (nSPS) is 11.6. The summed E-state index contributed by atoms with van der Waals surface area (Å²) in [5.41, 5.74) is 4.42. The maximum atomic E-state index is 9.02. The van der Waals surface area contributed by atoms with Gasteiger partial charge in [0, 0.05) is 0 Å². The Balaban J connectivity index is 3.46. The Kier molecular flexibility index (Phi) is 4.09. The molecule has 0 heterocycles. The van der Waals surface area contributed by atoms with Crippen LogP contribution in [0.2, 0.25) is 0 Å². The third kappa shape index (κ3) is 2.23. The zero-order chi connectivity index (χ0) is 12.1. The van der Waals surface area contributed by atoms with Gasteiger partial charge in [0.2, 0.25) is 0 Å². The molecule has 0 bridgehead atoms. The number of hydrogen-bond donors (Lipinski definition) is 0. The van der Waals surface area contributed by atoms with Gasteiger partial charge in [0.15, 0.2) is 6.07 Å². The third-order valence-electron chi connectivity index (χ3n) is 2.78. The Morgan fingerprint density at radius 1 is 1.31 bits per heavy atom. The van der Waals surface area contributed by atoms with E-state index in [9.17, 15) is 0 Å². The molecule has 0 saturated heterocycles. The molecule has 16 heavy (non-hydrogen) atoms. The van der Waals surface area contributed by atoms with Crippen molar-refractivity contribution in [1.82, 2.24) is 0 Å². The number of hydrogen-bond acceptors (Lipinski definition) is 1. The molecule has 1 aromatic carbocycles. The van der Waals surface area contributed by atoms with E-state index in [1.54, 1.807) is 0 Å². The Morgan fingerprint density at radius 2 is 1.81 bits per heavy atom. The second kappa shape index (κ2) is 5.33. The molecule has 1 unspecified atom stereocenters. The molecular weight excluding hydrogens is 196 g/mol. The molecule has 0 aliphatic heterocycles. The third-order valence-corrected chi connectivity index (χ3v) is 2.78. The van der Waals surface area contributed by atoms with Crippen LogP contribution >= 0.6 is 0 Å². The number of aryl methyl sites for hydroxylation is 3. The van der Waals surface area contributed by atoms with Crippen molar-refractivity contribution < 1.29 is 0 Å². The van der Waals surface area contributed by atoms with E-state index in [-0.39, 0.29) is 0 Å². The first-order valence-electron chi connectivity index (χ1n) is 5.56. The van der Waals surface area contributed by atoms with Gasteiger partial charge in [-0.3, -0.25) is 4.85 Å². The van der Waals surface area contributed by atoms with Crippen LogP contribution in [0.25, 0.3) is 4.85 Å². The molecule has 0 radical (unpaired) electrons. The Labute approximate surface area is 97.3 Å². The Bertz CT molecular complexity index is 422. The van der Waals surface area contributed by atoms with Crippen LogP contribution in [0, 0.1) is 24.8 Å². The molecule has 0 N–H and O–H groups in total. The first kappa shape index (κ1) is 12.3. The average Bonchev–Trinajstić information content (AvgIpc) is 2.31. The van der Waals surface area contributed by atoms with Gasteiger partial charge in [-0.25, -0.2) is 6.57 Å². The van der Waals surface area contributed by atoms with E-state index >= 15 is 0 Å². The minimum atomic E-state index is -0.648. The lowest BCUT2D eigenvalue weighted by Gasteiger charge is -2.12. The largest absolute Gasteiger partial charge is 0.332 e. The quantitative estimate of drug-likeness (QED) is 0.703. The molecule has 1 rings (SSSR count). The summed E-state index contributed by atoms with van der Waals surface area (Å²) < 4.78 is 0. The van der Waals surface area contributed by atoms with Crippen LogP contribution in [0.1, 0.15) is 42.1 Å². The van der Waals surface area contributed by atoms with E-state index in [4.69, 9.17) is 11.8 Å². The second-order valence-corrected chi connectivity index (χ2v) is 3.86. The van der Waals surface area contributed by atoms with Crippen molar-refractivity contribution >= 4 is 0 Å². The van der Waals surface area contributed by atoms with Crippen molar-refractivity contribution in [2.75, 3.05) is 0 Å². The first-order chi connectivity index (χ1) is 7.67. The first-order valence-corrected chi connectivity index (χ1v) is 5.56. The smallest absolute Gasteiger partial charge is 0.292 e. The van der Waals surface area contributed by atoms with E-state index < -0.39 is 6.04 Å². The lowest BCUT2D eigenvalue weighted by molar-refractivity contribution is 0.954. The highest BCUT2D eigenvalue weighted by Crippen LogP contribution is 2.27. The molecule has 0 aromatic heterocycles. The lowest BCUT2D eigenvalue weighted by Crippen LogP contribution is -2.03. The van der Waals surface area contributed by atoms with Gasteiger partial charge in [0.1, 0.15) is 0 Å². The summed E-state index contributed by atoms with van der Waals surface area (Å²) in [6.45, 7) is 13.3. The van der Waals surface area contributed by atoms with Crippen molar-refractivity contribution in [3.05, 3.63) is 45.8 Å². The molecule has 2 heteroatoms. The summed E-state index contributed by atoms with van der Waals surface area (Å²) >= 11 is 0. The van der Waals surface area contributed by atoms with Crippen LogP contribution in [0.3, 0.4) is 0 Å². The monoisotopic (exact) mass is 212 g/mol. The van der Waals surface area contributed by atoms with Crippen molar-refractivity contribution in [1.29, 1.82) is 5.26 Å². The van der Waals surface area contributed by atoms with Gasteiger partial charge >= 0.3 is 6.04 Å². The molecular formula is C14H16N2. The summed E-state index contributed by atoms with van der Waals surface area (Å²) in [4.78, 5) is 3.41. The number of nitrogens with zero attached hydrogens (tertiary/aromatic N) is 2. The van der Waals surface area contributed by atoms with Gasteiger partial charge in [-0.2, -0.15) is 5.26 Å². The summed E-state index contributed by atoms with van der Waals surface area (Å²) in [5.74, 6) is 0. The van der Waals surface area contributed by atoms with Crippen molar-refractivity contribution in [2.24, 2.45) is 0 Å². The molecule has 0 saturated carbocycles. The van der Waals surface area contributed by atoms with Crippen molar-refractivity contribution in [3.8, 4) is 6.07 Å². The van der Waals surface area contributed by atoms with Gasteiger partial charge in [-0.1, -0.05) is 31.5 Å². The van der Waals surface area contributed by atoms with Crippen LogP contribution in [-0.4, -0.2) is 0 Å². The highest BCUT2D eigenvalue weighted by molar-refractivity contribution is 5.44. The summed E-state index contributed by atoms with van der Waals surface area (Å²) in [6.07, 6.45) is 1.75. The highest BCUT2D eigenvalue weighted by Gasteiger charge is 2.21. The van der Waals surface area contributed by atoms with Crippen molar-refractivity contribution in [2.45, 2.75) is 39.7 Å². The van der Waals surface area contributed by atoms with Gasteiger partial charge in [-0.15, -0.1) is 0 Å². The maximum Gasteiger partial charge on any atom is 0.332 e. The highest BCUT2D eigenvalue weighted by atomic mass is 14.7. The molecule has 2 nitrogen and oxygen atoms in total. The standard InChI is InChI=1S/C14H16N2/c1-5-11-7-10(3)8-12(6-2)14(11)13(9-15)16-4/h7-8,13H,5-6H2,1-3H3. The SMILES string of the molecule is [C-]#[N+]C(C#N)c1c(CC)cc(C)cc1CC. The van der Waals surface area contributed by atoms with Crippen LogP contribution < -0.4 is 0 Å². The minimum Gasteiger partial charge on any atom is -0.292 e. The fourth-order valence-corrected chi connectivity index (χ4v) is 2.05. The van der Waals surface area contributed by atoms with E-state index in [1.807, 2.05) is 0 Å². The average molecular weight is 212 g/mol. The van der Waals surface area contributed by atoms with Crippen LogP contribution in [0.5, 0.6) is 0 Å². The summed E-state index contributed by atoms with van der Waals surface area (Å²) in [5, 5.41) is 9.02. The zero-order valence-electron chi connectivity index (χ0n) is 10.0. The predicted octanol–water partition coefficient (Wildman–Crippen LogP) is 3.60. The molecule has 0 amide bonds. The minimum absolute atomic E-state index is 0.648. The van der Waals surface area contributed by atoms with E-state index in [0.717, 1.165) is 29.5 Å². The molecule has 82 valence electrons. The van der Waals surface area contributed by atoms with Crippen LogP contribution in [0.4, 0.5) is 0 Å². The molecule has 1 aromatic rings. The second-order valence-electron chi connectivity index (χ2n) is 3.86. The molecule has 0 spiro atoms. The topological polar surface area (TPSA) is 28.1 Å². The number of rotatable bonds is 3. The lowest BCUT2D eigenvalue weighted by atomic mass is 9.91. The van der Waals surface area contributed by atoms with Gasteiger partial charge in [0.25, 0.3) is 0 Å². The van der Waals surface area contributed by atoms with Gasteiger partial charge < -0.3 is 0 Å². The Morgan fingerprint density at radius 3 is 2.12 bits per heavy atom. The van der Waals surface area contributed by atoms with Gasteiger partial charge in [0.05, 0.1) is 5.56 Å². The van der Waals surface area contributed by atoms with E-state index in [1.165, 1.54) is 5.56 Å². The van der Waals surface area contributed by atoms with Gasteiger partial charge in [-0.05, 0) is 30.9 Å². The zero-order valence-corrected chi connectivity index (χ0v) is 10.0. The molecule has 0 aliphatic carbocycles. The Hall–Kier alpha value is -1.80. The molecule has 0 aliphatic rings. The van der Waals surface area contributed by atoms with E-state index in [2.05, 4.69) is 43.8 Å². The molecule has 0 fully saturated rings.